The fourth-order valence-corrected chi connectivity index (χ4v) is 3.19. The van der Waals surface area contributed by atoms with Crippen LogP contribution in [0.3, 0.4) is 0 Å². The summed E-state index contributed by atoms with van der Waals surface area (Å²) in [4.78, 5) is 24.4. The molecule has 1 unspecified atom stereocenters. The molecular formula is C17H23Cl2NO3. The minimum atomic E-state index is -0.873. The normalized spacial score (nSPS) is 20.7. The molecule has 0 amide bonds. The number of hydrogen-bond donors (Lipinski definition) is 1. The first-order valence-electron chi connectivity index (χ1n) is 7.79. The third-order valence-corrected chi connectivity index (χ3v) is 4.35. The third kappa shape index (κ3) is 4.69. The van der Waals surface area contributed by atoms with Crippen molar-refractivity contribution in [3.05, 3.63) is 34.9 Å². The Balaban J connectivity index is 0.00000264. The van der Waals surface area contributed by atoms with Crippen molar-refractivity contribution >= 4 is 35.8 Å². The average Bonchev–Trinajstić information content (AvgIpc) is 2.53. The molecule has 1 aliphatic carbocycles. The van der Waals surface area contributed by atoms with Gasteiger partial charge in [0.15, 0.2) is 5.78 Å². The number of rotatable bonds is 6. The molecule has 0 heterocycles. The number of nitrogens with one attached hydrogen (secondary N) is 1. The molecule has 1 N–H and O–H groups in total. The second kappa shape index (κ2) is 9.26. The largest absolute Gasteiger partial charge is 0.465 e. The van der Waals surface area contributed by atoms with Gasteiger partial charge in [0, 0.05) is 11.4 Å². The van der Waals surface area contributed by atoms with Crippen LogP contribution in [0.15, 0.2) is 24.3 Å². The monoisotopic (exact) mass is 359 g/mol. The van der Waals surface area contributed by atoms with Crippen molar-refractivity contribution in [3.63, 3.8) is 0 Å². The predicted molar refractivity (Wildman–Crippen MR) is 93.1 cm³/mol. The highest BCUT2D eigenvalue weighted by Crippen LogP contribution is 2.37. The summed E-state index contributed by atoms with van der Waals surface area (Å²) in [6.07, 6.45) is 3.74. The van der Waals surface area contributed by atoms with Crippen LogP contribution in [0.2, 0.25) is 5.02 Å². The highest BCUT2D eigenvalue weighted by atomic mass is 35.5. The first-order valence-corrected chi connectivity index (χ1v) is 8.17. The van der Waals surface area contributed by atoms with Crippen molar-refractivity contribution in [2.75, 3.05) is 13.2 Å². The second-order valence-corrected chi connectivity index (χ2v) is 6.00. The fourth-order valence-electron chi connectivity index (χ4n) is 2.89. The van der Waals surface area contributed by atoms with E-state index in [2.05, 4.69) is 5.32 Å². The Morgan fingerprint density at radius 1 is 1.35 bits per heavy atom. The molecule has 4 nitrogen and oxygen atoms in total. The van der Waals surface area contributed by atoms with Crippen molar-refractivity contribution < 1.29 is 14.3 Å². The van der Waals surface area contributed by atoms with Gasteiger partial charge in [-0.2, -0.15) is 0 Å². The van der Waals surface area contributed by atoms with Crippen LogP contribution in [-0.4, -0.2) is 24.9 Å². The SMILES string of the molecule is CCCOC(=O)CNC1(c2ccccc2Cl)CCCCC1=O.Cl. The molecule has 128 valence electrons. The summed E-state index contributed by atoms with van der Waals surface area (Å²) in [5, 5.41) is 3.69. The Morgan fingerprint density at radius 3 is 2.74 bits per heavy atom. The first-order chi connectivity index (χ1) is 10.6. The van der Waals surface area contributed by atoms with E-state index < -0.39 is 5.54 Å². The molecular weight excluding hydrogens is 337 g/mol. The van der Waals surface area contributed by atoms with E-state index in [0.717, 1.165) is 24.8 Å². The van der Waals surface area contributed by atoms with Crippen LogP contribution in [0.1, 0.15) is 44.6 Å². The van der Waals surface area contributed by atoms with Crippen LogP contribution >= 0.6 is 24.0 Å². The summed E-state index contributed by atoms with van der Waals surface area (Å²) >= 11 is 6.30. The summed E-state index contributed by atoms with van der Waals surface area (Å²) < 4.78 is 5.08. The van der Waals surface area contributed by atoms with Crippen molar-refractivity contribution in [1.82, 2.24) is 5.32 Å². The van der Waals surface area contributed by atoms with E-state index >= 15 is 0 Å². The quantitative estimate of drug-likeness (QED) is 0.787. The lowest BCUT2D eigenvalue weighted by molar-refractivity contribution is -0.143. The van der Waals surface area contributed by atoms with Crippen molar-refractivity contribution in [1.29, 1.82) is 0 Å². The van der Waals surface area contributed by atoms with E-state index in [1.165, 1.54) is 0 Å². The number of esters is 1. The minimum Gasteiger partial charge on any atom is -0.465 e. The molecule has 0 saturated heterocycles. The summed E-state index contributed by atoms with van der Waals surface area (Å²) in [6.45, 7) is 2.35. The Bertz CT molecular complexity index is 550. The van der Waals surface area contributed by atoms with E-state index in [4.69, 9.17) is 16.3 Å². The maximum Gasteiger partial charge on any atom is 0.319 e. The highest BCUT2D eigenvalue weighted by molar-refractivity contribution is 6.31. The van der Waals surface area contributed by atoms with Crippen LogP contribution in [0, 0.1) is 0 Å². The second-order valence-electron chi connectivity index (χ2n) is 5.59. The van der Waals surface area contributed by atoms with Gasteiger partial charge in [0.25, 0.3) is 0 Å². The molecule has 1 saturated carbocycles. The molecule has 23 heavy (non-hydrogen) atoms. The number of carbonyl (C=O) groups is 2. The smallest absolute Gasteiger partial charge is 0.319 e. The molecule has 6 heteroatoms. The van der Waals surface area contributed by atoms with E-state index in [1.54, 1.807) is 6.07 Å². The molecule has 1 fully saturated rings. The van der Waals surface area contributed by atoms with Gasteiger partial charge in [-0.3, -0.25) is 14.9 Å². The number of benzene rings is 1. The van der Waals surface area contributed by atoms with Crippen molar-refractivity contribution in [3.8, 4) is 0 Å². The summed E-state index contributed by atoms with van der Waals surface area (Å²) in [5.74, 6) is -0.248. The molecule has 0 spiro atoms. The number of ether oxygens (including phenoxy) is 1. The van der Waals surface area contributed by atoms with Gasteiger partial charge in [0.2, 0.25) is 0 Å². The molecule has 2 rings (SSSR count). The van der Waals surface area contributed by atoms with E-state index in [-0.39, 0.29) is 30.7 Å². The van der Waals surface area contributed by atoms with Crippen molar-refractivity contribution in [2.45, 2.75) is 44.6 Å². The lowest BCUT2D eigenvalue weighted by atomic mass is 9.75. The number of ketones is 1. The van der Waals surface area contributed by atoms with Gasteiger partial charge in [0.05, 0.1) is 13.2 Å². The zero-order chi connectivity index (χ0) is 16.0. The van der Waals surface area contributed by atoms with E-state index in [1.807, 2.05) is 25.1 Å². The molecule has 1 aromatic carbocycles. The predicted octanol–water partition coefficient (Wildman–Crippen LogP) is 3.64. The summed E-state index contributed by atoms with van der Waals surface area (Å²) in [7, 11) is 0. The maximum atomic E-state index is 12.6. The van der Waals surface area contributed by atoms with Crippen molar-refractivity contribution in [2.24, 2.45) is 0 Å². The third-order valence-electron chi connectivity index (χ3n) is 4.02. The summed E-state index contributed by atoms with van der Waals surface area (Å²) in [5.41, 5.74) is -0.119. The van der Waals surface area contributed by atoms with Gasteiger partial charge in [-0.05, 0) is 30.9 Å². The van der Waals surface area contributed by atoms with Gasteiger partial charge < -0.3 is 4.74 Å². The molecule has 0 aliphatic heterocycles. The van der Waals surface area contributed by atoms with Gasteiger partial charge >= 0.3 is 5.97 Å². The van der Waals surface area contributed by atoms with Gasteiger partial charge in [-0.15, -0.1) is 12.4 Å². The number of halogens is 2. The van der Waals surface area contributed by atoms with Gasteiger partial charge in [0.1, 0.15) is 5.54 Å². The Hall–Kier alpha value is -1.10. The van der Waals surface area contributed by atoms with Crippen LogP contribution in [0.5, 0.6) is 0 Å². The lowest BCUT2D eigenvalue weighted by Crippen LogP contribution is -2.52. The average molecular weight is 360 g/mol. The number of carbonyl (C=O) groups excluding carboxylic acids is 2. The van der Waals surface area contributed by atoms with Crippen LogP contribution < -0.4 is 5.32 Å². The molecule has 0 bridgehead atoms. The Labute approximate surface area is 148 Å². The Kier molecular flexibility index (Phi) is 8.03. The molecule has 1 aliphatic rings. The lowest BCUT2D eigenvalue weighted by Gasteiger charge is -2.37. The highest BCUT2D eigenvalue weighted by Gasteiger charge is 2.42. The molecule has 0 radical (unpaired) electrons. The van der Waals surface area contributed by atoms with Crippen LogP contribution in [0.25, 0.3) is 0 Å². The Morgan fingerprint density at radius 2 is 2.09 bits per heavy atom. The van der Waals surface area contributed by atoms with E-state index in [9.17, 15) is 9.59 Å². The molecule has 0 aromatic heterocycles. The first kappa shape index (κ1) is 19.9. The summed E-state index contributed by atoms with van der Waals surface area (Å²) in [6, 6.07) is 7.33. The molecule has 1 atom stereocenters. The molecule has 1 aromatic rings. The zero-order valence-electron chi connectivity index (χ0n) is 13.3. The van der Waals surface area contributed by atoms with E-state index in [0.29, 0.717) is 24.5 Å². The minimum absolute atomic E-state index is 0. The number of hydrogen-bond acceptors (Lipinski definition) is 4. The fraction of sp³-hybridized carbons (Fsp3) is 0.529. The maximum absolute atomic E-state index is 12.6. The van der Waals surface area contributed by atoms with Crippen LogP contribution in [-0.2, 0) is 19.9 Å². The van der Waals surface area contributed by atoms with Gasteiger partial charge in [-0.1, -0.05) is 43.1 Å². The topological polar surface area (TPSA) is 55.4 Å². The van der Waals surface area contributed by atoms with Crippen LogP contribution in [0.4, 0.5) is 0 Å². The van der Waals surface area contributed by atoms with Gasteiger partial charge in [-0.25, -0.2) is 0 Å². The number of Topliss-reactive ketones (excluding diaryl/α,β-unsaturated/α-hetero) is 1. The zero-order valence-corrected chi connectivity index (χ0v) is 14.8. The standard InChI is InChI=1S/C17H22ClNO3.ClH/c1-2-11-22-16(21)12-19-17(10-6-5-9-15(17)20)13-7-3-4-8-14(13)18;/h3-4,7-8,19H,2,5-6,9-12H2,1H3;1H.